The molecule has 0 saturated carbocycles. The van der Waals surface area contributed by atoms with Crippen LogP contribution in [0.2, 0.25) is 15.1 Å². The van der Waals surface area contributed by atoms with E-state index in [2.05, 4.69) is 10.5 Å². The van der Waals surface area contributed by atoms with Gasteiger partial charge in [0.1, 0.15) is 0 Å². The molecule has 108 valence electrons. The van der Waals surface area contributed by atoms with E-state index in [0.717, 1.165) is 0 Å². The topological polar surface area (TPSA) is 41.5 Å². The lowest BCUT2D eigenvalue weighted by molar-refractivity contribution is 0.0955. The van der Waals surface area contributed by atoms with Crippen LogP contribution in [0.5, 0.6) is 0 Å². The van der Waals surface area contributed by atoms with Gasteiger partial charge in [-0.1, -0.05) is 53.0 Å². The van der Waals surface area contributed by atoms with Gasteiger partial charge in [-0.3, -0.25) is 4.79 Å². The van der Waals surface area contributed by atoms with Crippen molar-refractivity contribution in [2.24, 2.45) is 5.10 Å². The van der Waals surface area contributed by atoms with Gasteiger partial charge in [-0.05, 0) is 31.2 Å². The molecule has 3 nitrogen and oxygen atoms in total. The van der Waals surface area contributed by atoms with Crippen molar-refractivity contribution >= 4 is 46.4 Å². The summed E-state index contributed by atoms with van der Waals surface area (Å²) in [4.78, 5) is 12.0. The molecule has 0 bridgehead atoms. The van der Waals surface area contributed by atoms with Crippen molar-refractivity contribution in [1.29, 1.82) is 0 Å². The van der Waals surface area contributed by atoms with Crippen LogP contribution in [-0.4, -0.2) is 11.6 Å². The minimum atomic E-state index is -0.384. The van der Waals surface area contributed by atoms with Crippen molar-refractivity contribution in [2.45, 2.75) is 6.92 Å². The van der Waals surface area contributed by atoms with Crippen molar-refractivity contribution in [2.75, 3.05) is 0 Å². The lowest BCUT2D eigenvalue weighted by atomic mass is 10.1. The predicted molar refractivity (Wildman–Crippen MR) is 87.6 cm³/mol. The van der Waals surface area contributed by atoms with Crippen LogP contribution >= 0.6 is 34.8 Å². The van der Waals surface area contributed by atoms with Gasteiger partial charge in [-0.15, -0.1) is 0 Å². The first-order valence-electron chi connectivity index (χ1n) is 6.03. The number of benzene rings is 2. The van der Waals surface area contributed by atoms with Crippen molar-refractivity contribution < 1.29 is 4.79 Å². The number of nitrogens with one attached hydrogen (secondary N) is 1. The summed E-state index contributed by atoms with van der Waals surface area (Å²) >= 11 is 17.9. The molecule has 2 aromatic rings. The van der Waals surface area contributed by atoms with Crippen molar-refractivity contribution in [3.8, 4) is 0 Å². The molecule has 0 atom stereocenters. The number of hydrazone groups is 1. The third kappa shape index (κ3) is 3.97. The van der Waals surface area contributed by atoms with Gasteiger partial charge in [-0.25, -0.2) is 5.43 Å². The van der Waals surface area contributed by atoms with Crippen molar-refractivity contribution in [3.05, 3.63) is 68.7 Å². The molecule has 1 amide bonds. The Balaban J connectivity index is 2.17. The number of rotatable bonds is 3. The fourth-order valence-electron chi connectivity index (χ4n) is 1.68. The van der Waals surface area contributed by atoms with Crippen molar-refractivity contribution in [3.63, 3.8) is 0 Å². The summed E-state index contributed by atoms with van der Waals surface area (Å²) < 4.78 is 0. The minimum Gasteiger partial charge on any atom is -0.267 e. The average molecular weight is 342 g/mol. The Bertz CT molecular complexity index is 714. The van der Waals surface area contributed by atoms with Crippen molar-refractivity contribution in [1.82, 2.24) is 5.43 Å². The standard InChI is InChI=1S/C15H11Cl3N2O/c1-9(11-7-6-10(16)8-14(11)18)19-20-15(21)12-4-2-3-5-13(12)17/h2-8H,1H3,(H,20,21)/b19-9-. The second kappa shape index (κ2) is 6.94. The predicted octanol–water partition coefficient (Wildman–Crippen LogP) is 4.80. The number of amides is 1. The van der Waals surface area contributed by atoms with E-state index < -0.39 is 0 Å². The van der Waals surface area contributed by atoms with Crippen LogP contribution < -0.4 is 5.43 Å². The summed E-state index contributed by atoms with van der Waals surface area (Å²) in [7, 11) is 0. The molecule has 0 spiro atoms. The SMILES string of the molecule is C/C(=N/NC(=O)c1ccccc1Cl)c1ccc(Cl)cc1Cl. The summed E-state index contributed by atoms with van der Waals surface area (Å²) in [6, 6.07) is 11.8. The van der Waals surface area contributed by atoms with E-state index >= 15 is 0 Å². The van der Waals surface area contributed by atoms with E-state index in [1.807, 2.05) is 0 Å². The van der Waals surface area contributed by atoms with E-state index in [1.54, 1.807) is 49.4 Å². The summed E-state index contributed by atoms with van der Waals surface area (Å²) in [5.41, 5.74) is 4.07. The number of halogens is 3. The quantitative estimate of drug-likeness (QED) is 0.632. The summed E-state index contributed by atoms with van der Waals surface area (Å²) in [5.74, 6) is -0.384. The molecule has 0 unspecified atom stereocenters. The van der Waals surface area contributed by atoms with Gasteiger partial charge in [0.05, 0.1) is 21.3 Å². The highest BCUT2D eigenvalue weighted by Gasteiger charge is 2.09. The smallest absolute Gasteiger partial charge is 0.267 e. The van der Waals surface area contributed by atoms with Crippen LogP contribution in [-0.2, 0) is 0 Å². The van der Waals surface area contributed by atoms with Gasteiger partial charge in [0.25, 0.3) is 5.91 Å². The second-order valence-electron chi connectivity index (χ2n) is 4.24. The first-order valence-corrected chi connectivity index (χ1v) is 7.17. The lowest BCUT2D eigenvalue weighted by Gasteiger charge is -2.06. The zero-order valence-electron chi connectivity index (χ0n) is 11.0. The molecule has 6 heteroatoms. The van der Waals surface area contributed by atoms with Gasteiger partial charge >= 0.3 is 0 Å². The maximum Gasteiger partial charge on any atom is 0.272 e. The van der Waals surface area contributed by atoms with E-state index in [1.165, 1.54) is 0 Å². The van der Waals surface area contributed by atoms with Crippen LogP contribution in [0.4, 0.5) is 0 Å². The van der Waals surface area contributed by atoms with Gasteiger partial charge in [0.15, 0.2) is 0 Å². The molecular weight excluding hydrogens is 331 g/mol. The first-order chi connectivity index (χ1) is 9.99. The van der Waals surface area contributed by atoms with Gasteiger partial charge in [0, 0.05) is 10.6 Å². The highest BCUT2D eigenvalue weighted by Crippen LogP contribution is 2.21. The fraction of sp³-hybridized carbons (Fsp3) is 0.0667. The Labute approximate surface area is 137 Å². The highest BCUT2D eigenvalue weighted by molar-refractivity contribution is 6.37. The molecule has 0 aliphatic heterocycles. The zero-order valence-corrected chi connectivity index (χ0v) is 13.3. The summed E-state index contributed by atoms with van der Waals surface area (Å²) in [6.07, 6.45) is 0. The summed E-state index contributed by atoms with van der Waals surface area (Å²) in [5, 5.41) is 5.41. The van der Waals surface area contributed by atoms with Gasteiger partial charge in [-0.2, -0.15) is 5.10 Å². The molecule has 2 rings (SSSR count). The minimum absolute atomic E-state index is 0.359. The van der Waals surface area contributed by atoms with Gasteiger partial charge < -0.3 is 0 Å². The highest BCUT2D eigenvalue weighted by atomic mass is 35.5. The molecule has 2 aromatic carbocycles. The first kappa shape index (κ1) is 15.8. The average Bonchev–Trinajstić information content (AvgIpc) is 2.45. The second-order valence-corrected chi connectivity index (χ2v) is 5.49. The number of hydrogen-bond donors (Lipinski definition) is 1. The Morgan fingerprint density at radius 1 is 1.00 bits per heavy atom. The Morgan fingerprint density at radius 3 is 2.38 bits per heavy atom. The molecule has 0 aliphatic carbocycles. The van der Waals surface area contributed by atoms with Gasteiger partial charge in [0.2, 0.25) is 0 Å². The molecule has 0 aromatic heterocycles. The van der Waals surface area contributed by atoms with E-state index in [0.29, 0.717) is 31.9 Å². The van der Waals surface area contributed by atoms with Crippen LogP contribution in [0, 0.1) is 0 Å². The lowest BCUT2D eigenvalue weighted by Crippen LogP contribution is -2.19. The monoisotopic (exact) mass is 340 g/mol. The third-order valence-corrected chi connectivity index (χ3v) is 3.64. The maximum absolute atomic E-state index is 12.0. The number of hydrogen-bond acceptors (Lipinski definition) is 2. The largest absolute Gasteiger partial charge is 0.272 e. The Hall–Kier alpha value is -1.55. The van der Waals surface area contributed by atoms with E-state index in [9.17, 15) is 4.79 Å². The maximum atomic E-state index is 12.0. The molecule has 0 saturated heterocycles. The summed E-state index contributed by atoms with van der Waals surface area (Å²) in [6.45, 7) is 1.74. The molecule has 0 fully saturated rings. The molecule has 0 radical (unpaired) electrons. The Kier molecular flexibility index (Phi) is 5.23. The van der Waals surface area contributed by atoms with Crippen LogP contribution in [0.25, 0.3) is 0 Å². The number of carbonyl (C=O) groups excluding carboxylic acids is 1. The fourth-order valence-corrected chi connectivity index (χ4v) is 2.45. The molecule has 1 N–H and O–H groups in total. The zero-order chi connectivity index (χ0) is 15.4. The van der Waals surface area contributed by atoms with Crippen LogP contribution in [0.3, 0.4) is 0 Å². The molecular formula is C15H11Cl3N2O. The number of nitrogens with zero attached hydrogens (tertiary/aromatic N) is 1. The molecule has 0 aliphatic rings. The van der Waals surface area contributed by atoms with E-state index in [4.69, 9.17) is 34.8 Å². The normalized spacial score (nSPS) is 11.3. The van der Waals surface area contributed by atoms with Crippen LogP contribution in [0.15, 0.2) is 47.6 Å². The molecule has 0 heterocycles. The Morgan fingerprint density at radius 2 is 1.71 bits per heavy atom. The van der Waals surface area contributed by atoms with E-state index in [-0.39, 0.29) is 5.91 Å². The number of carbonyl (C=O) groups is 1. The molecule has 21 heavy (non-hydrogen) atoms. The third-order valence-electron chi connectivity index (χ3n) is 2.76. The van der Waals surface area contributed by atoms with Crippen LogP contribution in [0.1, 0.15) is 22.8 Å².